The Hall–Kier alpha value is -1.88. The van der Waals surface area contributed by atoms with E-state index in [1.165, 1.54) is 0 Å². The summed E-state index contributed by atoms with van der Waals surface area (Å²) < 4.78 is 0. The van der Waals surface area contributed by atoms with Gasteiger partial charge < -0.3 is 10.6 Å². The van der Waals surface area contributed by atoms with Gasteiger partial charge in [-0.1, -0.05) is 30.3 Å². The largest absolute Gasteiger partial charge is 0.356 e. The molecule has 3 rings (SSSR count). The van der Waals surface area contributed by atoms with E-state index >= 15 is 0 Å². The van der Waals surface area contributed by atoms with Gasteiger partial charge in [0.2, 0.25) is 11.8 Å². The molecular formula is C17H23N3O2. The molecule has 1 atom stereocenters. The summed E-state index contributed by atoms with van der Waals surface area (Å²) in [6, 6.07) is 9.89. The Morgan fingerprint density at radius 3 is 2.86 bits per heavy atom. The Bertz CT molecular complexity index is 546. The SMILES string of the molecule is O=C(CN1CC[C@@]2(CCCNC2=O)C1)NCc1ccccc1. The second-order valence-electron chi connectivity index (χ2n) is 6.36. The molecule has 5 nitrogen and oxygen atoms in total. The molecule has 1 spiro atoms. The lowest BCUT2D eigenvalue weighted by molar-refractivity contribution is -0.133. The zero-order valence-electron chi connectivity index (χ0n) is 12.8. The highest BCUT2D eigenvalue weighted by Gasteiger charge is 2.45. The Balaban J connectivity index is 1.47. The molecule has 118 valence electrons. The lowest BCUT2D eigenvalue weighted by Crippen LogP contribution is -2.48. The van der Waals surface area contributed by atoms with Crippen LogP contribution in [0.4, 0.5) is 0 Å². The predicted octanol–water partition coefficient (Wildman–Crippen LogP) is 0.905. The Morgan fingerprint density at radius 2 is 2.09 bits per heavy atom. The van der Waals surface area contributed by atoms with Gasteiger partial charge in [-0.25, -0.2) is 0 Å². The molecule has 2 aliphatic heterocycles. The average molecular weight is 301 g/mol. The molecule has 2 amide bonds. The van der Waals surface area contributed by atoms with Crippen molar-refractivity contribution in [2.75, 3.05) is 26.2 Å². The van der Waals surface area contributed by atoms with Gasteiger partial charge in [-0.15, -0.1) is 0 Å². The second-order valence-corrected chi connectivity index (χ2v) is 6.36. The van der Waals surface area contributed by atoms with Crippen LogP contribution in [0.5, 0.6) is 0 Å². The van der Waals surface area contributed by atoms with Crippen LogP contribution in [-0.4, -0.2) is 42.9 Å². The van der Waals surface area contributed by atoms with Crippen LogP contribution in [0, 0.1) is 5.41 Å². The molecule has 2 fully saturated rings. The van der Waals surface area contributed by atoms with Crippen molar-refractivity contribution in [2.45, 2.75) is 25.8 Å². The van der Waals surface area contributed by atoms with Gasteiger partial charge in [-0.3, -0.25) is 14.5 Å². The first-order valence-electron chi connectivity index (χ1n) is 7.99. The van der Waals surface area contributed by atoms with E-state index in [0.717, 1.165) is 37.9 Å². The topological polar surface area (TPSA) is 61.4 Å². The lowest BCUT2D eigenvalue weighted by Gasteiger charge is -2.32. The molecule has 0 aliphatic carbocycles. The zero-order chi connectivity index (χ0) is 15.4. The standard InChI is InChI=1S/C17H23N3O2/c21-15(19-11-14-5-2-1-3-6-14)12-20-10-8-17(13-20)7-4-9-18-16(17)22/h1-3,5-6H,4,7-13H2,(H,18,22)(H,19,21)/t17-/m0/s1. The smallest absolute Gasteiger partial charge is 0.234 e. The van der Waals surface area contributed by atoms with Crippen molar-refractivity contribution in [3.05, 3.63) is 35.9 Å². The van der Waals surface area contributed by atoms with Crippen LogP contribution in [0.2, 0.25) is 0 Å². The van der Waals surface area contributed by atoms with Crippen LogP contribution in [-0.2, 0) is 16.1 Å². The predicted molar refractivity (Wildman–Crippen MR) is 84.0 cm³/mol. The number of benzene rings is 1. The van der Waals surface area contributed by atoms with E-state index in [1.54, 1.807) is 0 Å². The summed E-state index contributed by atoms with van der Waals surface area (Å²) in [5.41, 5.74) is 0.846. The third kappa shape index (κ3) is 3.30. The highest BCUT2D eigenvalue weighted by molar-refractivity contribution is 5.84. The van der Waals surface area contributed by atoms with Gasteiger partial charge in [0, 0.05) is 19.6 Å². The van der Waals surface area contributed by atoms with E-state index in [9.17, 15) is 9.59 Å². The van der Waals surface area contributed by atoms with E-state index < -0.39 is 0 Å². The zero-order valence-corrected chi connectivity index (χ0v) is 12.8. The van der Waals surface area contributed by atoms with Gasteiger partial charge in [0.25, 0.3) is 0 Å². The fraction of sp³-hybridized carbons (Fsp3) is 0.529. The van der Waals surface area contributed by atoms with Crippen molar-refractivity contribution in [3.63, 3.8) is 0 Å². The second kappa shape index (κ2) is 6.48. The molecule has 22 heavy (non-hydrogen) atoms. The Morgan fingerprint density at radius 1 is 1.27 bits per heavy atom. The van der Waals surface area contributed by atoms with E-state index in [1.807, 2.05) is 30.3 Å². The first-order valence-corrected chi connectivity index (χ1v) is 7.99. The minimum Gasteiger partial charge on any atom is -0.356 e. The maximum atomic E-state index is 12.1. The van der Waals surface area contributed by atoms with Crippen molar-refractivity contribution in [3.8, 4) is 0 Å². The van der Waals surface area contributed by atoms with Crippen LogP contribution < -0.4 is 10.6 Å². The number of likely N-dealkylation sites (tertiary alicyclic amines) is 1. The number of carbonyl (C=O) groups excluding carboxylic acids is 2. The maximum absolute atomic E-state index is 12.1. The molecule has 0 unspecified atom stereocenters. The molecule has 2 aliphatic rings. The highest BCUT2D eigenvalue weighted by atomic mass is 16.2. The van der Waals surface area contributed by atoms with E-state index in [2.05, 4.69) is 15.5 Å². The summed E-state index contributed by atoms with van der Waals surface area (Å²) in [5.74, 6) is 0.197. The number of nitrogens with zero attached hydrogens (tertiary/aromatic N) is 1. The summed E-state index contributed by atoms with van der Waals surface area (Å²) in [6.45, 7) is 3.25. The third-order valence-corrected chi connectivity index (χ3v) is 4.73. The summed E-state index contributed by atoms with van der Waals surface area (Å²) in [4.78, 5) is 26.3. The van der Waals surface area contributed by atoms with E-state index in [0.29, 0.717) is 19.6 Å². The maximum Gasteiger partial charge on any atom is 0.234 e. The fourth-order valence-corrected chi connectivity index (χ4v) is 3.47. The van der Waals surface area contributed by atoms with Crippen molar-refractivity contribution < 1.29 is 9.59 Å². The summed E-state index contributed by atoms with van der Waals surface area (Å²) >= 11 is 0. The molecule has 0 saturated carbocycles. The minimum atomic E-state index is -0.252. The monoisotopic (exact) mass is 301 g/mol. The molecular weight excluding hydrogens is 278 g/mol. The number of nitrogens with one attached hydrogen (secondary N) is 2. The number of amides is 2. The molecule has 0 aromatic heterocycles. The number of piperidine rings is 1. The minimum absolute atomic E-state index is 0.0251. The fourth-order valence-electron chi connectivity index (χ4n) is 3.47. The molecule has 2 saturated heterocycles. The van der Waals surface area contributed by atoms with E-state index in [4.69, 9.17) is 0 Å². The van der Waals surface area contributed by atoms with Crippen molar-refractivity contribution in [2.24, 2.45) is 5.41 Å². The molecule has 1 aromatic rings. The van der Waals surface area contributed by atoms with Gasteiger partial charge in [-0.2, -0.15) is 0 Å². The molecule has 0 radical (unpaired) electrons. The van der Waals surface area contributed by atoms with Crippen molar-refractivity contribution in [1.29, 1.82) is 0 Å². The summed E-state index contributed by atoms with van der Waals surface area (Å²) in [5, 5.41) is 5.92. The number of rotatable bonds is 4. The molecule has 1 aromatic carbocycles. The number of hydrogen-bond acceptors (Lipinski definition) is 3. The average Bonchev–Trinajstić information content (AvgIpc) is 2.93. The molecule has 0 bridgehead atoms. The Labute approximate surface area is 131 Å². The van der Waals surface area contributed by atoms with Crippen LogP contribution >= 0.6 is 0 Å². The molecule has 5 heteroatoms. The van der Waals surface area contributed by atoms with Crippen LogP contribution in [0.25, 0.3) is 0 Å². The van der Waals surface area contributed by atoms with Crippen LogP contribution in [0.3, 0.4) is 0 Å². The van der Waals surface area contributed by atoms with Gasteiger partial charge in [-0.05, 0) is 31.4 Å². The normalized spacial score (nSPS) is 25.2. The summed E-state index contributed by atoms with van der Waals surface area (Å²) in [6.07, 6.45) is 2.85. The van der Waals surface area contributed by atoms with Gasteiger partial charge in [0.05, 0.1) is 12.0 Å². The van der Waals surface area contributed by atoms with Crippen molar-refractivity contribution in [1.82, 2.24) is 15.5 Å². The van der Waals surface area contributed by atoms with Gasteiger partial charge >= 0.3 is 0 Å². The Kier molecular flexibility index (Phi) is 4.43. The highest BCUT2D eigenvalue weighted by Crippen LogP contribution is 2.37. The van der Waals surface area contributed by atoms with E-state index in [-0.39, 0.29) is 17.2 Å². The van der Waals surface area contributed by atoms with Crippen molar-refractivity contribution >= 4 is 11.8 Å². The van der Waals surface area contributed by atoms with Gasteiger partial charge in [0.1, 0.15) is 0 Å². The molecule has 2 N–H and O–H groups in total. The first kappa shape index (κ1) is 15.0. The lowest BCUT2D eigenvalue weighted by atomic mass is 9.79. The van der Waals surface area contributed by atoms with Crippen LogP contribution in [0.1, 0.15) is 24.8 Å². The van der Waals surface area contributed by atoms with Gasteiger partial charge in [0.15, 0.2) is 0 Å². The third-order valence-electron chi connectivity index (χ3n) is 4.73. The first-order chi connectivity index (χ1) is 10.7. The number of hydrogen-bond donors (Lipinski definition) is 2. The number of carbonyl (C=O) groups is 2. The van der Waals surface area contributed by atoms with Crippen LogP contribution in [0.15, 0.2) is 30.3 Å². The quantitative estimate of drug-likeness (QED) is 0.869. The molecule has 2 heterocycles. The summed E-state index contributed by atoms with van der Waals surface area (Å²) in [7, 11) is 0.